The normalized spacial score (nSPS) is 13.5. The first kappa shape index (κ1) is 16.9. The highest BCUT2D eigenvalue weighted by Gasteiger charge is 2.14. The van der Waals surface area contributed by atoms with Crippen molar-refractivity contribution >= 4 is 39.9 Å². The molecule has 1 aromatic carbocycles. The summed E-state index contributed by atoms with van der Waals surface area (Å²) >= 11 is 7.63. The third-order valence-electron chi connectivity index (χ3n) is 4.04. The highest BCUT2D eigenvalue weighted by atomic mass is 35.5. The van der Waals surface area contributed by atoms with Gasteiger partial charge in [0.2, 0.25) is 5.91 Å². The lowest BCUT2D eigenvalue weighted by atomic mass is 10.2. The topological polar surface area (TPSA) is 56.1 Å². The molecule has 0 radical (unpaired) electrons. The number of hydrogen-bond acceptors (Lipinski definition) is 5. The number of rotatable bonds is 4. The van der Waals surface area contributed by atoms with Crippen molar-refractivity contribution in [2.75, 3.05) is 20.3 Å². The Labute approximate surface area is 159 Å². The molecule has 0 saturated carbocycles. The minimum Gasteiger partial charge on any atom is -0.486 e. The Bertz CT molecular complexity index is 995. The van der Waals surface area contributed by atoms with Crippen molar-refractivity contribution in [3.05, 3.63) is 52.3 Å². The third-order valence-corrected chi connectivity index (χ3v) is 5.08. The van der Waals surface area contributed by atoms with Crippen LogP contribution in [0.1, 0.15) is 11.3 Å². The van der Waals surface area contributed by atoms with E-state index in [0.717, 1.165) is 22.0 Å². The molecule has 0 aliphatic carbocycles. The molecule has 0 spiro atoms. The monoisotopic (exact) mass is 389 g/mol. The molecule has 0 N–H and O–H groups in total. The zero-order valence-corrected chi connectivity index (χ0v) is 15.6. The largest absolute Gasteiger partial charge is 0.486 e. The van der Waals surface area contributed by atoms with Crippen LogP contribution in [0.5, 0.6) is 11.5 Å². The van der Waals surface area contributed by atoms with Crippen LogP contribution in [0, 0.1) is 0 Å². The lowest BCUT2D eigenvalue weighted by molar-refractivity contribution is -0.125. The van der Waals surface area contributed by atoms with E-state index in [9.17, 15) is 4.79 Å². The van der Waals surface area contributed by atoms with E-state index in [1.54, 1.807) is 18.0 Å². The number of likely N-dealkylation sites (N-methyl/N-ethyl adjacent to an activating group) is 1. The first-order valence-electron chi connectivity index (χ1n) is 8.04. The SMILES string of the molecule is CN(Cc1ccc2c(c1)OCCO2)C(=O)/C=C/c1c(Cl)nc2sccn12. The number of carbonyl (C=O) groups excluding carboxylic acids is 1. The standard InChI is InChI=1S/C18H16ClN3O3S/c1-21(11-12-2-4-14-15(10-12)25-8-7-24-14)16(23)5-3-13-17(19)20-18-22(13)6-9-26-18/h2-6,9-10H,7-8,11H2,1H3/b5-3+. The van der Waals surface area contributed by atoms with Gasteiger partial charge in [0.1, 0.15) is 13.2 Å². The zero-order valence-electron chi connectivity index (χ0n) is 14.0. The van der Waals surface area contributed by atoms with Gasteiger partial charge in [-0.15, -0.1) is 11.3 Å². The number of aromatic nitrogens is 2. The smallest absolute Gasteiger partial charge is 0.246 e. The average Bonchev–Trinajstić information content (AvgIpc) is 3.20. The van der Waals surface area contributed by atoms with Crippen LogP contribution in [-0.2, 0) is 11.3 Å². The van der Waals surface area contributed by atoms with Crippen molar-refractivity contribution in [2.45, 2.75) is 6.54 Å². The molecule has 4 rings (SSSR count). The van der Waals surface area contributed by atoms with Crippen molar-refractivity contribution in [1.29, 1.82) is 0 Å². The molecule has 8 heteroatoms. The molecule has 0 bridgehead atoms. The second-order valence-corrected chi connectivity index (χ2v) is 7.08. The lowest BCUT2D eigenvalue weighted by Gasteiger charge is -2.20. The number of carbonyl (C=O) groups is 1. The summed E-state index contributed by atoms with van der Waals surface area (Å²) in [6.07, 6.45) is 5.07. The van der Waals surface area contributed by atoms with Gasteiger partial charge in [0, 0.05) is 31.2 Å². The number of benzene rings is 1. The number of imidazole rings is 1. The van der Waals surface area contributed by atoms with Gasteiger partial charge in [0.25, 0.3) is 0 Å². The second-order valence-electron chi connectivity index (χ2n) is 5.85. The van der Waals surface area contributed by atoms with Crippen molar-refractivity contribution in [1.82, 2.24) is 14.3 Å². The van der Waals surface area contributed by atoms with Gasteiger partial charge in [0.15, 0.2) is 21.6 Å². The molecule has 0 fully saturated rings. The number of ether oxygens (including phenoxy) is 2. The number of fused-ring (bicyclic) bond motifs is 2. The van der Waals surface area contributed by atoms with Crippen LogP contribution >= 0.6 is 22.9 Å². The van der Waals surface area contributed by atoms with Gasteiger partial charge in [-0.05, 0) is 23.8 Å². The first-order chi connectivity index (χ1) is 12.6. The van der Waals surface area contributed by atoms with Crippen LogP contribution in [0.25, 0.3) is 11.0 Å². The second kappa shape index (κ2) is 7.01. The molecule has 1 amide bonds. The number of hydrogen-bond donors (Lipinski definition) is 0. The predicted octanol–water partition coefficient (Wildman–Crippen LogP) is 3.49. The van der Waals surface area contributed by atoms with Gasteiger partial charge in [0.05, 0.1) is 5.69 Å². The molecule has 1 aliphatic heterocycles. The van der Waals surface area contributed by atoms with Crippen molar-refractivity contribution in [3.63, 3.8) is 0 Å². The zero-order chi connectivity index (χ0) is 18.1. The summed E-state index contributed by atoms with van der Waals surface area (Å²) in [7, 11) is 1.75. The van der Waals surface area contributed by atoms with Crippen LogP contribution in [0.3, 0.4) is 0 Å². The predicted molar refractivity (Wildman–Crippen MR) is 101 cm³/mol. The van der Waals surface area contributed by atoms with E-state index in [1.165, 1.54) is 17.4 Å². The summed E-state index contributed by atoms with van der Waals surface area (Å²) in [6, 6.07) is 5.71. The molecule has 6 nitrogen and oxygen atoms in total. The third kappa shape index (κ3) is 3.27. The molecule has 0 atom stereocenters. The van der Waals surface area contributed by atoms with Crippen molar-refractivity contribution in [3.8, 4) is 11.5 Å². The molecule has 26 heavy (non-hydrogen) atoms. The van der Waals surface area contributed by atoms with Crippen LogP contribution in [-0.4, -0.2) is 40.5 Å². The Morgan fingerprint density at radius 2 is 2.19 bits per heavy atom. The highest BCUT2D eigenvalue weighted by Crippen LogP contribution is 2.31. The first-order valence-corrected chi connectivity index (χ1v) is 9.30. The minimum absolute atomic E-state index is 0.124. The van der Waals surface area contributed by atoms with Gasteiger partial charge in [-0.2, -0.15) is 0 Å². The molecular formula is C18H16ClN3O3S. The van der Waals surface area contributed by atoms with E-state index in [1.807, 2.05) is 34.2 Å². The fourth-order valence-corrected chi connectivity index (χ4v) is 3.75. The number of amides is 1. The van der Waals surface area contributed by atoms with E-state index in [2.05, 4.69) is 4.98 Å². The Morgan fingerprint density at radius 1 is 1.38 bits per heavy atom. The maximum atomic E-state index is 12.4. The quantitative estimate of drug-likeness (QED) is 0.641. The average molecular weight is 390 g/mol. The van der Waals surface area contributed by atoms with Crippen LogP contribution < -0.4 is 9.47 Å². The van der Waals surface area contributed by atoms with Crippen LogP contribution in [0.15, 0.2) is 35.9 Å². The van der Waals surface area contributed by atoms with Crippen molar-refractivity contribution < 1.29 is 14.3 Å². The molecular weight excluding hydrogens is 374 g/mol. The van der Waals surface area contributed by atoms with E-state index >= 15 is 0 Å². The number of thiazole rings is 1. The van der Waals surface area contributed by atoms with Gasteiger partial charge in [-0.1, -0.05) is 17.7 Å². The molecule has 3 heterocycles. The number of nitrogens with zero attached hydrogens (tertiary/aromatic N) is 3. The molecule has 134 valence electrons. The molecule has 2 aromatic heterocycles. The van der Waals surface area contributed by atoms with Gasteiger partial charge >= 0.3 is 0 Å². The fraction of sp³-hybridized carbons (Fsp3) is 0.222. The summed E-state index contributed by atoms with van der Waals surface area (Å²) in [5.41, 5.74) is 1.67. The Kier molecular flexibility index (Phi) is 4.57. The van der Waals surface area contributed by atoms with Crippen LogP contribution in [0.2, 0.25) is 5.15 Å². The van der Waals surface area contributed by atoms with E-state index < -0.39 is 0 Å². The Balaban J connectivity index is 1.46. The van der Waals surface area contributed by atoms with Crippen molar-refractivity contribution in [2.24, 2.45) is 0 Å². The summed E-state index contributed by atoms with van der Waals surface area (Å²) in [5.74, 6) is 1.33. The van der Waals surface area contributed by atoms with E-state index in [-0.39, 0.29) is 5.91 Å². The summed E-state index contributed by atoms with van der Waals surface area (Å²) in [4.78, 5) is 19.1. The fourth-order valence-electron chi connectivity index (χ4n) is 2.74. The van der Waals surface area contributed by atoms with E-state index in [4.69, 9.17) is 21.1 Å². The van der Waals surface area contributed by atoms with E-state index in [0.29, 0.717) is 30.6 Å². The number of halogens is 1. The molecule has 0 saturated heterocycles. The molecule has 3 aromatic rings. The highest BCUT2D eigenvalue weighted by molar-refractivity contribution is 7.15. The van der Waals surface area contributed by atoms with Gasteiger partial charge in [-0.25, -0.2) is 4.98 Å². The van der Waals surface area contributed by atoms with Gasteiger partial charge < -0.3 is 14.4 Å². The Hall–Kier alpha value is -2.51. The summed E-state index contributed by atoms with van der Waals surface area (Å²) < 4.78 is 13.0. The maximum absolute atomic E-state index is 12.4. The summed E-state index contributed by atoms with van der Waals surface area (Å²) in [6.45, 7) is 1.56. The summed E-state index contributed by atoms with van der Waals surface area (Å²) in [5, 5.41) is 2.31. The Morgan fingerprint density at radius 3 is 3.04 bits per heavy atom. The lowest BCUT2D eigenvalue weighted by Crippen LogP contribution is -2.24. The van der Waals surface area contributed by atoms with Crippen LogP contribution in [0.4, 0.5) is 0 Å². The molecule has 0 unspecified atom stereocenters. The minimum atomic E-state index is -0.124. The maximum Gasteiger partial charge on any atom is 0.246 e. The van der Waals surface area contributed by atoms with Gasteiger partial charge in [-0.3, -0.25) is 9.20 Å². The molecule has 1 aliphatic rings.